The molecular formula is C44H68F2N6O5. The number of aliphatic hydroxyl groups excluding tert-OH is 1. The third-order valence-electron chi connectivity index (χ3n) is 9.12. The van der Waals surface area contributed by atoms with Gasteiger partial charge in [-0.1, -0.05) is 92.1 Å². The normalized spacial score (nSPS) is 11.9. The fourth-order valence-corrected chi connectivity index (χ4v) is 6.32. The summed E-state index contributed by atoms with van der Waals surface area (Å²) in [6, 6.07) is 12.9. The van der Waals surface area contributed by atoms with Crippen molar-refractivity contribution in [2.24, 2.45) is 11.1 Å². The number of unbranched alkanes of at least 4 members (excludes halogenated alkanes) is 2. The predicted octanol–water partition coefficient (Wildman–Crippen LogP) is 6.82. The average molecular weight is 799 g/mol. The number of nitrogens with one attached hydrogen (secondary N) is 2. The largest absolute Gasteiger partial charge is 0.387 e. The molecule has 0 spiro atoms. The van der Waals surface area contributed by atoms with E-state index in [0.29, 0.717) is 43.6 Å². The van der Waals surface area contributed by atoms with Crippen LogP contribution in [0.3, 0.4) is 0 Å². The van der Waals surface area contributed by atoms with Crippen molar-refractivity contribution in [1.82, 2.24) is 25.0 Å². The molecule has 2 atom stereocenters. The maximum Gasteiger partial charge on any atom is 0.248 e. The molecule has 13 heteroatoms. The van der Waals surface area contributed by atoms with Crippen LogP contribution in [0.15, 0.2) is 60.8 Å². The van der Waals surface area contributed by atoms with Gasteiger partial charge in [-0.15, -0.1) is 0 Å². The Balaban J connectivity index is 0.00000393. The quantitative estimate of drug-likeness (QED) is 0.0923. The van der Waals surface area contributed by atoms with E-state index in [1.54, 1.807) is 24.2 Å². The highest BCUT2D eigenvalue weighted by Gasteiger charge is 2.37. The number of aromatic nitrogens is 1. The smallest absolute Gasteiger partial charge is 0.248 e. The van der Waals surface area contributed by atoms with Gasteiger partial charge in [-0.05, 0) is 54.5 Å². The molecule has 11 nitrogen and oxygen atoms in total. The minimum Gasteiger partial charge on any atom is -0.387 e. The lowest BCUT2D eigenvalue weighted by molar-refractivity contribution is -0.140. The van der Waals surface area contributed by atoms with Crippen molar-refractivity contribution >= 4 is 23.6 Å². The molecule has 2 unspecified atom stereocenters. The summed E-state index contributed by atoms with van der Waals surface area (Å²) >= 11 is 0. The van der Waals surface area contributed by atoms with Crippen molar-refractivity contribution < 1.29 is 33.1 Å². The van der Waals surface area contributed by atoms with E-state index in [0.717, 1.165) is 36.6 Å². The molecule has 0 bridgehead atoms. The fourth-order valence-electron chi connectivity index (χ4n) is 6.32. The van der Waals surface area contributed by atoms with Gasteiger partial charge in [0.1, 0.15) is 18.2 Å². The second-order valence-electron chi connectivity index (χ2n) is 14.4. The molecule has 0 fully saturated rings. The molecule has 5 N–H and O–H groups in total. The molecule has 0 aliphatic carbocycles. The van der Waals surface area contributed by atoms with Crippen molar-refractivity contribution in [3.8, 4) is 11.1 Å². The number of hydrogen-bond donors (Lipinski definition) is 4. The number of nitrogens with zero attached hydrogens (tertiary/aromatic N) is 3. The molecule has 1 aromatic heterocycles. The molecular weight excluding hydrogens is 731 g/mol. The Morgan fingerprint density at radius 2 is 1.53 bits per heavy atom. The summed E-state index contributed by atoms with van der Waals surface area (Å²) in [7, 11) is 1.77. The Bertz CT molecular complexity index is 1660. The third kappa shape index (κ3) is 16.8. The van der Waals surface area contributed by atoms with E-state index in [2.05, 4.69) is 10.6 Å². The molecule has 0 radical (unpaired) electrons. The summed E-state index contributed by atoms with van der Waals surface area (Å²) in [4.78, 5) is 53.4. The Kier molecular flexibility index (Phi) is 23.3. The van der Waals surface area contributed by atoms with Gasteiger partial charge in [0, 0.05) is 75.6 Å². The number of hydrogen-bond acceptors (Lipinski definition) is 6. The fraction of sp³-hybridized carbons (Fsp3) is 0.545. The second-order valence-corrected chi connectivity index (χ2v) is 14.4. The number of benzene rings is 2. The Hall–Kier alpha value is -4.62. The predicted molar refractivity (Wildman–Crippen MR) is 224 cm³/mol. The first-order valence-electron chi connectivity index (χ1n) is 20.3. The molecule has 1 heterocycles. The number of amides is 4. The van der Waals surface area contributed by atoms with Crippen molar-refractivity contribution in [2.45, 2.75) is 113 Å². The molecule has 0 aliphatic rings. The van der Waals surface area contributed by atoms with Crippen LogP contribution < -0.4 is 16.4 Å². The van der Waals surface area contributed by atoms with Gasteiger partial charge in [0.2, 0.25) is 23.6 Å². The number of carbonyl (C=O) groups excluding carboxylic acids is 4. The van der Waals surface area contributed by atoms with Crippen LogP contribution in [0.4, 0.5) is 8.78 Å². The van der Waals surface area contributed by atoms with Crippen LogP contribution in [0.1, 0.15) is 111 Å². The average Bonchev–Trinajstić information content (AvgIpc) is 3.61. The summed E-state index contributed by atoms with van der Waals surface area (Å²) in [5.74, 6) is -2.25. The number of aliphatic hydroxyl groups is 1. The lowest BCUT2D eigenvalue weighted by Gasteiger charge is -2.41. The van der Waals surface area contributed by atoms with E-state index in [-0.39, 0.29) is 43.4 Å². The van der Waals surface area contributed by atoms with Crippen molar-refractivity contribution in [1.29, 1.82) is 0 Å². The van der Waals surface area contributed by atoms with Gasteiger partial charge in [-0.3, -0.25) is 19.2 Å². The second kappa shape index (κ2) is 26.3. The molecule has 0 saturated carbocycles. The van der Waals surface area contributed by atoms with Crippen molar-refractivity contribution in [3.63, 3.8) is 0 Å². The standard InChI is InChI=1S/C40H56F2N6O5.2C2H6/c1-6-36(51)46(5)21-12-8-11-15-35(50)44-19-20-45-39(53)33(43)18-22-48(37(52)27-49)38(40(2,3)4)34-23-29(31-24-30(41)16-17-32(31)42)26-47(34)25-28-13-9-7-10-14-28;2*1-2/h7,9-10,13-14,16-17,23-24,26,33,38,49H,6,8,11-12,15,18-22,25,27,43H2,1-5H3,(H,44,50)(H,45,53);2*1-2H3. The molecule has 2 aromatic carbocycles. The van der Waals surface area contributed by atoms with E-state index < -0.39 is 47.6 Å². The molecule has 0 saturated heterocycles. The highest BCUT2D eigenvalue weighted by Crippen LogP contribution is 2.41. The first-order valence-corrected chi connectivity index (χ1v) is 20.3. The summed E-state index contributed by atoms with van der Waals surface area (Å²) in [5.41, 5.74) is 7.74. The van der Waals surface area contributed by atoms with Crippen LogP contribution in [0, 0.1) is 17.0 Å². The number of nitrogens with two attached hydrogens (primary N) is 1. The Morgan fingerprint density at radius 3 is 2.14 bits per heavy atom. The molecule has 3 aromatic rings. The molecule has 3 rings (SSSR count). The zero-order valence-corrected chi connectivity index (χ0v) is 35.7. The zero-order chi connectivity index (χ0) is 43.1. The van der Waals surface area contributed by atoms with E-state index in [4.69, 9.17) is 5.73 Å². The topological polar surface area (TPSA) is 150 Å². The van der Waals surface area contributed by atoms with Crippen LogP contribution >= 0.6 is 0 Å². The van der Waals surface area contributed by atoms with E-state index in [9.17, 15) is 28.7 Å². The molecule has 0 aliphatic heterocycles. The lowest BCUT2D eigenvalue weighted by atomic mass is 9.82. The zero-order valence-electron chi connectivity index (χ0n) is 35.7. The van der Waals surface area contributed by atoms with Crippen LogP contribution in [0.25, 0.3) is 11.1 Å². The highest BCUT2D eigenvalue weighted by molar-refractivity contribution is 5.82. The lowest BCUT2D eigenvalue weighted by Crippen LogP contribution is -2.48. The van der Waals surface area contributed by atoms with Crippen molar-refractivity contribution in [3.05, 3.63) is 83.7 Å². The first-order chi connectivity index (χ1) is 27.2. The van der Waals surface area contributed by atoms with Crippen LogP contribution in [-0.2, 0) is 25.7 Å². The molecule has 57 heavy (non-hydrogen) atoms. The number of halogens is 2. The Morgan fingerprint density at radius 1 is 0.877 bits per heavy atom. The molecule has 4 amide bonds. The SMILES string of the molecule is CC.CC.CCC(=O)N(C)CCCCCC(=O)NCCNC(=O)C(N)CCN(C(=O)CO)C(c1cc(-c2cc(F)ccc2F)cn1Cc1ccccc1)C(C)(C)C. The van der Waals surface area contributed by atoms with Gasteiger partial charge in [-0.2, -0.15) is 0 Å². The number of rotatable bonds is 20. The van der Waals surface area contributed by atoms with Crippen molar-refractivity contribution in [2.75, 3.05) is 39.8 Å². The molecule has 318 valence electrons. The van der Waals surface area contributed by atoms with Gasteiger partial charge in [0.25, 0.3) is 0 Å². The van der Waals surface area contributed by atoms with Gasteiger partial charge < -0.3 is 35.8 Å². The summed E-state index contributed by atoms with van der Waals surface area (Å²) in [6.45, 7) is 16.3. The third-order valence-corrected chi connectivity index (χ3v) is 9.12. The minimum atomic E-state index is -0.994. The number of carbonyl (C=O) groups is 4. The van der Waals surface area contributed by atoms with E-state index in [1.807, 2.05) is 90.3 Å². The van der Waals surface area contributed by atoms with Crippen LogP contribution in [0.2, 0.25) is 0 Å². The van der Waals surface area contributed by atoms with Gasteiger partial charge in [-0.25, -0.2) is 8.78 Å². The van der Waals surface area contributed by atoms with E-state index in [1.165, 1.54) is 4.90 Å². The van der Waals surface area contributed by atoms with Gasteiger partial charge in [0.15, 0.2) is 0 Å². The summed E-state index contributed by atoms with van der Waals surface area (Å²) in [5, 5.41) is 15.6. The summed E-state index contributed by atoms with van der Waals surface area (Å²) < 4.78 is 31.2. The maximum atomic E-state index is 15.0. The van der Waals surface area contributed by atoms with Crippen LogP contribution in [-0.4, -0.2) is 89.0 Å². The minimum absolute atomic E-state index is 0.0230. The Labute approximate surface area is 339 Å². The van der Waals surface area contributed by atoms with Gasteiger partial charge in [0.05, 0.1) is 12.1 Å². The van der Waals surface area contributed by atoms with Gasteiger partial charge >= 0.3 is 0 Å². The summed E-state index contributed by atoms with van der Waals surface area (Å²) in [6.07, 6.45) is 4.94. The monoisotopic (exact) mass is 799 g/mol. The van der Waals surface area contributed by atoms with Crippen LogP contribution in [0.5, 0.6) is 0 Å². The first kappa shape index (κ1) is 50.4. The highest BCUT2D eigenvalue weighted by atomic mass is 19.1. The van der Waals surface area contributed by atoms with E-state index >= 15 is 4.39 Å². The maximum absolute atomic E-state index is 15.0.